The summed E-state index contributed by atoms with van der Waals surface area (Å²) in [5.74, 6) is 0.885. The van der Waals surface area contributed by atoms with E-state index < -0.39 is 0 Å². The lowest BCUT2D eigenvalue weighted by Gasteiger charge is -2.10. The summed E-state index contributed by atoms with van der Waals surface area (Å²) in [7, 11) is 0. The van der Waals surface area contributed by atoms with E-state index in [1.54, 1.807) is 18.2 Å². The molecular formula is C23H18ClIN2O3. The molecule has 1 aromatic heterocycles. The molecule has 1 N–H and O–H groups in total. The van der Waals surface area contributed by atoms with Crippen molar-refractivity contribution in [2.75, 3.05) is 11.9 Å². The highest BCUT2D eigenvalue weighted by Gasteiger charge is 2.13. The van der Waals surface area contributed by atoms with Crippen LogP contribution in [0.4, 0.5) is 5.69 Å². The fourth-order valence-electron chi connectivity index (χ4n) is 3.08. The molecule has 152 valence electrons. The Morgan fingerprint density at radius 3 is 2.77 bits per heavy atom. The molecule has 30 heavy (non-hydrogen) atoms. The molecule has 0 aliphatic carbocycles. The molecule has 4 rings (SSSR count). The lowest BCUT2D eigenvalue weighted by Crippen LogP contribution is -2.20. The molecule has 0 atom stereocenters. The number of hydrogen-bond donors (Lipinski definition) is 1. The van der Waals surface area contributed by atoms with E-state index in [-0.39, 0.29) is 12.5 Å². The number of halogens is 2. The predicted molar refractivity (Wildman–Crippen MR) is 127 cm³/mol. The van der Waals surface area contributed by atoms with E-state index in [0.29, 0.717) is 33.4 Å². The van der Waals surface area contributed by atoms with Gasteiger partial charge in [0.25, 0.3) is 5.91 Å². The summed E-state index contributed by atoms with van der Waals surface area (Å²) < 4.78 is 12.5. The number of hydrogen-bond acceptors (Lipinski definition) is 4. The van der Waals surface area contributed by atoms with Crippen LogP contribution in [0.15, 0.2) is 59.0 Å². The van der Waals surface area contributed by atoms with Gasteiger partial charge in [-0.05, 0) is 84.5 Å². The van der Waals surface area contributed by atoms with Gasteiger partial charge in [-0.2, -0.15) is 0 Å². The third-order valence-corrected chi connectivity index (χ3v) is 5.52. The molecular weight excluding hydrogens is 515 g/mol. The monoisotopic (exact) mass is 532 g/mol. The summed E-state index contributed by atoms with van der Waals surface area (Å²) in [4.78, 5) is 16.8. The molecule has 0 saturated carbocycles. The zero-order valence-corrected chi connectivity index (χ0v) is 19.2. The Balaban J connectivity index is 1.48. The average Bonchev–Trinajstić information content (AvgIpc) is 3.12. The van der Waals surface area contributed by atoms with Gasteiger partial charge in [-0.3, -0.25) is 4.79 Å². The molecule has 0 saturated heterocycles. The molecule has 0 aliphatic rings. The van der Waals surface area contributed by atoms with Crippen LogP contribution in [0.1, 0.15) is 11.1 Å². The number of nitrogens with zero attached hydrogens (tertiary/aromatic N) is 1. The highest BCUT2D eigenvalue weighted by atomic mass is 127. The lowest BCUT2D eigenvalue weighted by atomic mass is 10.1. The standard InChI is InChI=1S/C23H18ClIN2O3/c1-13-3-7-20(14(2)9-13)29-12-22(28)26-16-5-8-21-19(11-16)27-23(30-21)17-10-15(25)4-6-18(17)24/h3-11H,12H2,1-2H3,(H,26,28). The molecule has 5 nitrogen and oxygen atoms in total. The third-order valence-electron chi connectivity index (χ3n) is 4.52. The Labute approximate surface area is 192 Å². The Kier molecular flexibility index (Phi) is 5.97. The molecule has 0 aliphatic heterocycles. The number of rotatable bonds is 5. The zero-order chi connectivity index (χ0) is 21.3. The molecule has 1 heterocycles. The van der Waals surface area contributed by atoms with Gasteiger partial charge < -0.3 is 14.5 Å². The number of anilines is 1. The maximum Gasteiger partial charge on any atom is 0.262 e. The summed E-state index contributed by atoms with van der Waals surface area (Å²) in [5, 5.41) is 3.40. The number of carbonyl (C=O) groups excluding carboxylic acids is 1. The molecule has 1 amide bonds. The number of ether oxygens (including phenoxy) is 1. The average molecular weight is 533 g/mol. The van der Waals surface area contributed by atoms with Gasteiger partial charge in [0.05, 0.1) is 10.6 Å². The highest BCUT2D eigenvalue weighted by molar-refractivity contribution is 14.1. The quantitative estimate of drug-likeness (QED) is 0.303. The number of nitrogens with one attached hydrogen (secondary N) is 1. The van der Waals surface area contributed by atoms with Crippen LogP contribution in [0.25, 0.3) is 22.6 Å². The van der Waals surface area contributed by atoms with Crippen molar-refractivity contribution in [3.8, 4) is 17.2 Å². The van der Waals surface area contributed by atoms with E-state index >= 15 is 0 Å². The van der Waals surface area contributed by atoms with Crippen molar-refractivity contribution in [2.45, 2.75) is 13.8 Å². The van der Waals surface area contributed by atoms with Crippen LogP contribution in [-0.4, -0.2) is 17.5 Å². The number of aryl methyl sites for hydroxylation is 2. The van der Waals surface area contributed by atoms with Crippen LogP contribution in [-0.2, 0) is 4.79 Å². The van der Waals surface area contributed by atoms with E-state index in [0.717, 1.165) is 20.3 Å². The van der Waals surface area contributed by atoms with E-state index in [1.807, 2.05) is 50.2 Å². The van der Waals surface area contributed by atoms with Crippen LogP contribution < -0.4 is 10.1 Å². The first-order valence-electron chi connectivity index (χ1n) is 9.25. The van der Waals surface area contributed by atoms with Crippen LogP contribution in [0.5, 0.6) is 5.75 Å². The smallest absolute Gasteiger partial charge is 0.262 e. The highest BCUT2D eigenvalue weighted by Crippen LogP contribution is 2.32. The van der Waals surface area contributed by atoms with Gasteiger partial charge >= 0.3 is 0 Å². The van der Waals surface area contributed by atoms with E-state index in [1.165, 1.54) is 0 Å². The lowest BCUT2D eigenvalue weighted by molar-refractivity contribution is -0.118. The van der Waals surface area contributed by atoms with Gasteiger partial charge in [0, 0.05) is 9.26 Å². The van der Waals surface area contributed by atoms with E-state index in [2.05, 4.69) is 32.9 Å². The predicted octanol–water partition coefficient (Wildman–Crippen LogP) is 6.39. The molecule has 3 aromatic carbocycles. The zero-order valence-electron chi connectivity index (χ0n) is 16.3. The Morgan fingerprint density at radius 1 is 1.13 bits per heavy atom. The van der Waals surface area contributed by atoms with Gasteiger partial charge in [0.15, 0.2) is 12.2 Å². The topological polar surface area (TPSA) is 64.4 Å². The first-order chi connectivity index (χ1) is 14.4. The minimum atomic E-state index is -0.251. The summed E-state index contributed by atoms with van der Waals surface area (Å²) >= 11 is 8.50. The molecule has 0 radical (unpaired) electrons. The van der Waals surface area contributed by atoms with Gasteiger partial charge in [0.2, 0.25) is 5.89 Å². The fraction of sp³-hybridized carbons (Fsp3) is 0.130. The second-order valence-corrected chi connectivity index (χ2v) is 8.58. The normalized spacial score (nSPS) is 10.9. The minimum Gasteiger partial charge on any atom is -0.483 e. The fourth-order valence-corrected chi connectivity index (χ4v) is 3.77. The first-order valence-corrected chi connectivity index (χ1v) is 10.7. The van der Waals surface area contributed by atoms with Crippen molar-refractivity contribution in [1.29, 1.82) is 0 Å². The summed E-state index contributed by atoms with van der Waals surface area (Å²) in [6.07, 6.45) is 0. The van der Waals surface area contributed by atoms with Crippen molar-refractivity contribution < 1.29 is 13.9 Å². The maximum absolute atomic E-state index is 12.3. The largest absolute Gasteiger partial charge is 0.483 e. The molecule has 0 spiro atoms. The molecule has 4 aromatic rings. The molecule has 0 unspecified atom stereocenters. The van der Waals surface area contributed by atoms with Gasteiger partial charge in [-0.1, -0.05) is 29.3 Å². The summed E-state index contributed by atoms with van der Waals surface area (Å²) in [6.45, 7) is 3.89. The second kappa shape index (κ2) is 8.65. The van der Waals surface area contributed by atoms with Gasteiger partial charge in [0.1, 0.15) is 11.3 Å². The SMILES string of the molecule is Cc1ccc(OCC(=O)Nc2ccc3oc(-c4cc(I)ccc4Cl)nc3c2)c(C)c1. The number of oxazole rings is 1. The van der Waals surface area contributed by atoms with Crippen molar-refractivity contribution >= 4 is 56.9 Å². The van der Waals surface area contributed by atoms with Crippen LogP contribution in [0.3, 0.4) is 0 Å². The second-order valence-electron chi connectivity index (χ2n) is 6.93. The Bertz CT molecular complexity index is 1250. The molecule has 0 fully saturated rings. The number of fused-ring (bicyclic) bond motifs is 1. The molecule has 7 heteroatoms. The van der Waals surface area contributed by atoms with Gasteiger partial charge in [-0.25, -0.2) is 4.98 Å². The van der Waals surface area contributed by atoms with Crippen molar-refractivity contribution in [1.82, 2.24) is 4.98 Å². The van der Waals surface area contributed by atoms with Gasteiger partial charge in [-0.15, -0.1) is 0 Å². The maximum atomic E-state index is 12.3. The van der Waals surface area contributed by atoms with Crippen LogP contribution in [0, 0.1) is 17.4 Å². The minimum absolute atomic E-state index is 0.0793. The van der Waals surface area contributed by atoms with Crippen molar-refractivity contribution in [3.05, 3.63) is 74.3 Å². The number of benzene rings is 3. The molecule has 0 bridgehead atoms. The Hall–Kier alpha value is -2.58. The summed E-state index contributed by atoms with van der Waals surface area (Å²) in [6, 6.07) is 16.8. The number of aromatic nitrogens is 1. The number of amides is 1. The van der Waals surface area contributed by atoms with Crippen molar-refractivity contribution in [2.24, 2.45) is 0 Å². The van der Waals surface area contributed by atoms with Crippen LogP contribution >= 0.6 is 34.2 Å². The third kappa shape index (κ3) is 4.60. The number of carbonyl (C=O) groups is 1. The summed E-state index contributed by atoms with van der Waals surface area (Å²) in [5.41, 5.74) is 4.74. The van der Waals surface area contributed by atoms with E-state index in [4.69, 9.17) is 20.8 Å². The van der Waals surface area contributed by atoms with Crippen molar-refractivity contribution in [3.63, 3.8) is 0 Å². The van der Waals surface area contributed by atoms with E-state index in [9.17, 15) is 4.79 Å². The Morgan fingerprint density at radius 2 is 1.97 bits per heavy atom. The van der Waals surface area contributed by atoms with Crippen LogP contribution in [0.2, 0.25) is 5.02 Å². The first kappa shape index (κ1) is 20.7.